The summed E-state index contributed by atoms with van der Waals surface area (Å²) in [6.07, 6.45) is 1.05. The van der Waals surface area contributed by atoms with E-state index in [1.165, 1.54) is 6.07 Å². The van der Waals surface area contributed by atoms with E-state index in [0.717, 1.165) is 38.4 Å². The molecule has 1 aliphatic heterocycles. The number of nitrogens with zero attached hydrogens (tertiary/aromatic N) is 3. The molecule has 1 aromatic carbocycles. The minimum absolute atomic E-state index is 0.0375. The molecular formula is C19H19F4N5O2. The highest BCUT2D eigenvalue weighted by Gasteiger charge is 2.60. The standard InChI is InChI=1S/C19H19F4N5O2/c1-17(21)9-19(22,23)18(2,28-16(17)25)11-5-10(3-4-12(11)20)8-30-14-7-26-13(6-27-14)15(24)29/h3-7H,8-9H2,1-2H3,(H2,24,29)(H2,25,28). The fourth-order valence-electron chi connectivity index (χ4n) is 3.09. The molecule has 0 fully saturated rings. The Morgan fingerprint density at radius 2 is 1.90 bits per heavy atom. The third-order valence-corrected chi connectivity index (χ3v) is 4.97. The van der Waals surface area contributed by atoms with E-state index < -0.39 is 46.7 Å². The van der Waals surface area contributed by atoms with Crippen LogP contribution in [0.5, 0.6) is 5.88 Å². The Kier molecular flexibility index (Phi) is 5.17. The van der Waals surface area contributed by atoms with Gasteiger partial charge in [0.1, 0.15) is 24.0 Å². The number of rotatable bonds is 5. The van der Waals surface area contributed by atoms with Crippen LogP contribution in [-0.4, -0.2) is 33.3 Å². The summed E-state index contributed by atoms with van der Waals surface area (Å²) in [6.45, 7) is 1.75. The van der Waals surface area contributed by atoms with E-state index in [-0.39, 0.29) is 18.2 Å². The first kappa shape index (κ1) is 21.5. The van der Waals surface area contributed by atoms with Crippen LogP contribution in [0.1, 0.15) is 41.9 Å². The zero-order chi connectivity index (χ0) is 22.3. The van der Waals surface area contributed by atoms with Crippen LogP contribution in [0.25, 0.3) is 0 Å². The largest absolute Gasteiger partial charge is 0.472 e. The molecule has 2 unspecified atom stereocenters. The van der Waals surface area contributed by atoms with Crippen molar-refractivity contribution in [1.82, 2.24) is 9.97 Å². The van der Waals surface area contributed by atoms with E-state index in [0.29, 0.717) is 5.56 Å². The van der Waals surface area contributed by atoms with Crippen molar-refractivity contribution < 1.29 is 27.1 Å². The number of aromatic nitrogens is 2. The Bertz CT molecular complexity index is 1010. The predicted molar refractivity (Wildman–Crippen MR) is 99.3 cm³/mol. The highest BCUT2D eigenvalue weighted by molar-refractivity contribution is 5.90. The third kappa shape index (κ3) is 3.79. The highest BCUT2D eigenvalue weighted by Crippen LogP contribution is 2.50. The Morgan fingerprint density at radius 3 is 2.50 bits per heavy atom. The van der Waals surface area contributed by atoms with Gasteiger partial charge in [-0.15, -0.1) is 0 Å². The van der Waals surface area contributed by atoms with Gasteiger partial charge in [0.05, 0.1) is 18.8 Å². The molecule has 1 aromatic heterocycles. The van der Waals surface area contributed by atoms with Gasteiger partial charge in [-0.1, -0.05) is 6.07 Å². The summed E-state index contributed by atoms with van der Waals surface area (Å²) >= 11 is 0. The van der Waals surface area contributed by atoms with Crippen LogP contribution in [0.4, 0.5) is 17.6 Å². The summed E-state index contributed by atoms with van der Waals surface area (Å²) in [5.74, 6) is -5.98. The van der Waals surface area contributed by atoms with E-state index in [2.05, 4.69) is 15.0 Å². The summed E-state index contributed by atoms with van der Waals surface area (Å²) in [7, 11) is 0. The number of aliphatic imine (C=N–C) groups is 1. The number of hydrogen-bond donors (Lipinski definition) is 2. The SMILES string of the molecule is CC1(F)CC(F)(F)C(C)(c2cc(COc3cnc(C(N)=O)cn3)ccc2F)N=C1N. The van der Waals surface area contributed by atoms with E-state index in [1.807, 2.05) is 0 Å². The van der Waals surface area contributed by atoms with Gasteiger partial charge in [-0.2, -0.15) is 0 Å². The molecule has 0 radical (unpaired) electrons. The lowest BCUT2D eigenvalue weighted by Gasteiger charge is -2.42. The van der Waals surface area contributed by atoms with Crippen molar-refractivity contribution in [3.63, 3.8) is 0 Å². The van der Waals surface area contributed by atoms with Crippen LogP contribution >= 0.6 is 0 Å². The lowest BCUT2D eigenvalue weighted by molar-refractivity contribution is -0.106. The number of ether oxygens (including phenoxy) is 1. The topological polar surface area (TPSA) is 116 Å². The molecule has 4 N–H and O–H groups in total. The van der Waals surface area contributed by atoms with Crippen LogP contribution in [0, 0.1) is 5.82 Å². The Hall–Kier alpha value is -3.24. The number of nitrogens with two attached hydrogens (primary N) is 2. The maximum Gasteiger partial charge on any atom is 0.280 e. The van der Waals surface area contributed by atoms with Crippen LogP contribution < -0.4 is 16.2 Å². The fourth-order valence-corrected chi connectivity index (χ4v) is 3.09. The first-order valence-electron chi connectivity index (χ1n) is 8.82. The van der Waals surface area contributed by atoms with Crippen molar-refractivity contribution in [3.8, 4) is 5.88 Å². The maximum atomic E-state index is 14.8. The molecule has 2 heterocycles. The molecule has 0 bridgehead atoms. The molecule has 0 saturated carbocycles. The van der Waals surface area contributed by atoms with Crippen LogP contribution in [0.15, 0.2) is 35.6 Å². The zero-order valence-electron chi connectivity index (χ0n) is 16.1. The number of amides is 1. The van der Waals surface area contributed by atoms with Gasteiger partial charge < -0.3 is 16.2 Å². The van der Waals surface area contributed by atoms with Crippen molar-refractivity contribution in [2.45, 2.75) is 44.0 Å². The van der Waals surface area contributed by atoms with Crippen LogP contribution in [-0.2, 0) is 12.1 Å². The average Bonchev–Trinajstić information content (AvgIpc) is 2.65. The number of carbonyl (C=O) groups is 1. The minimum Gasteiger partial charge on any atom is -0.472 e. The number of benzene rings is 1. The monoisotopic (exact) mass is 425 g/mol. The third-order valence-electron chi connectivity index (χ3n) is 4.97. The van der Waals surface area contributed by atoms with Gasteiger partial charge in [-0.05, 0) is 31.5 Å². The first-order valence-corrected chi connectivity index (χ1v) is 8.82. The molecule has 3 rings (SSSR count). The van der Waals surface area contributed by atoms with Crippen molar-refractivity contribution in [2.75, 3.05) is 0 Å². The molecule has 160 valence electrons. The number of carbonyl (C=O) groups excluding carboxylic acids is 1. The summed E-state index contributed by atoms with van der Waals surface area (Å²) in [5, 5.41) is 0. The molecule has 0 aliphatic carbocycles. The smallest absolute Gasteiger partial charge is 0.280 e. The Morgan fingerprint density at radius 1 is 1.20 bits per heavy atom. The predicted octanol–water partition coefficient (Wildman–Crippen LogP) is 2.63. The number of halogens is 4. The normalized spacial score (nSPS) is 25.5. The van der Waals surface area contributed by atoms with E-state index in [1.54, 1.807) is 0 Å². The first-order chi connectivity index (χ1) is 13.9. The molecule has 7 nitrogen and oxygen atoms in total. The lowest BCUT2D eigenvalue weighted by Crippen LogP contribution is -2.56. The molecule has 2 aromatic rings. The number of amidine groups is 1. The highest BCUT2D eigenvalue weighted by atomic mass is 19.3. The summed E-state index contributed by atoms with van der Waals surface area (Å²) in [4.78, 5) is 22.3. The Balaban J connectivity index is 1.90. The molecule has 0 spiro atoms. The van der Waals surface area contributed by atoms with Gasteiger partial charge >= 0.3 is 0 Å². The Labute approximate surface area is 169 Å². The molecule has 11 heteroatoms. The van der Waals surface area contributed by atoms with Gasteiger partial charge in [-0.3, -0.25) is 9.79 Å². The van der Waals surface area contributed by atoms with E-state index >= 15 is 0 Å². The second kappa shape index (κ2) is 7.22. The molecule has 0 saturated heterocycles. The van der Waals surface area contributed by atoms with Crippen LogP contribution in [0.2, 0.25) is 0 Å². The van der Waals surface area contributed by atoms with Gasteiger partial charge in [0.15, 0.2) is 11.2 Å². The van der Waals surface area contributed by atoms with E-state index in [4.69, 9.17) is 16.2 Å². The molecular weight excluding hydrogens is 406 g/mol. The minimum atomic E-state index is -3.70. The quantitative estimate of drug-likeness (QED) is 0.715. The van der Waals surface area contributed by atoms with Crippen molar-refractivity contribution in [1.29, 1.82) is 0 Å². The summed E-state index contributed by atoms with van der Waals surface area (Å²) in [5.41, 5.74) is 5.54. The van der Waals surface area contributed by atoms with Gasteiger partial charge in [0, 0.05) is 5.56 Å². The zero-order valence-corrected chi connectivity index (χ0v) is 16.1. The second-order valence-electron chi connectivity index (χ2n) is 7.35. The summed E-state index contributed by atoms with van der Waals surface area (Å²) < 4.78 is 63.8. The fraction of sp³-hybridized carbons (Fsp3) is 0.368. The van der Waals surface area contributed by atoms with E-state index in [9.17, 15) is 22.4 Å². The summed E-state index contributed by atoms with van der Waals surface area (Å²) in [6, 6.07) is 3.49. The van der Waals surface area contributed by atoms with Crippen molar-refractivity contribution >= 4 is 11.7 Å². The molecule has 1 amide bonds. The molecule has 1 aliphatic rings. The molecule has 2 atom stereocenters. The van der Waals surface area contributed by atoms with Crippen molar-refractivity contribution in [3.05, 3.63) is 53.2 Å². The lowest BCUT2D eigenvalue weighted by atomic mass is 9.77. The second-order valence-corrected chi connectivity index (χ2v) is 7.35. The van der Waals surface area contributed by atoms with Crippen LogP contribution in [0.3, 0.4) is 0 Å². The van der Waals surface area contributed by atoms with Gasteiger partial charge in [0.2, 0.25) is 5.88 Å². The molecule has 30 heavy (non-hydrogen) atoms. The van der Waals surface area contributed by atoms with Crippen molar-refractivity contribution in [2.24, 2.45) is 16.5 Å². The number of primary amides is 1. The van der Waals surface area contributed by atoms with Gasteiger partial charge in [-0.25, -0.2) is 27.5 Å². The maximum absolute atomic E-state index is 14.8. The number of hydrogen-bond acceptors (Lipinski definition) is 6. The number of alkyl halides is 3. The van der Waals surface area contributed by atoms with Gasteiger partial charge in [0.25, 0.3) is 11.8 Å². The average molecular weight is 425 g/mol.